The fourth-order valence-corrected chi connectivity index (χ4v) is 4.82. The Morgan fingerprint density at radius 3 is 2.61 bits per heavy atom. The number of piperidine rings is 1. The summed E-state index contributed by atoms with van der Waals surface area (Å²) in [5.41, 5.74) is 1.26. The Morgan fingerprint density at radius 2 is 1.97 bits per heavy atom. The van der Waals surface area contributed by atoms with Gasteiger partial charge in [0.1, 0.15) is 12.2 Å². The Balaban J connectivity index is 0.00000306. The number of nitrogens with one attached hydrogen (secondary N) is 3. The van der Waals surface area contributed by atoms with E-state index in [2.05, 4.69) is 74.9 Å². The molecule has 1 aromatic carbocycles. The van der Waals surface area contributed by atoms with Gasteiger partial charge in [0, 0.05) is 50.3 Å². The molecule has 0 amide bonds. The van der Waals surface area contributed by atoms with Crippen LogP contribution >= 0.6 is 24.0 Å². The number of aromatic amines is 1. The Kier molecular flexibility index (Phi) is 9.94. The summed E-state index contributed by atoms with van der Waals surface area (Å²) in [6.07, 6.45) is 5.66. The van der Waals surface area contributed by atoms with Crippen molar-refractivity contribution in [2.24, 2.45) is 4.99 Å². The van der Waals surface area contributed by atoms with Crippen LogP contribution in [0, 0.1) is 0 Å². The van der Waals surface area contributed by atoms with Crippen molar-refractivity contribution in [3.05, 3.63) is 48.0 Å². The second-order valence-electron chi connectivity index (χ2n) is 8.97. The lowest BCUT2D eigenvalue weighted by molar-refractivity contribution is 0.0373. The molecule has 2 aliphatic heterocycles. The Bertz CT molecular complexity index is 832. The first-order chi connectivity index (χ1) is 15.7. The van der Waals surface area contributed by atoms with Gasteiger partial charge in [-0.15, -0.1) is 24.0 Å². The predicted molar refractivity (Wildman–Crippen MR) is 142 cm³/mol. The van der Waals surface area contributed by atoms with Gasteiger partial charge >= 0.3 is 0 Å². The summed E-state index contributed by atoms with van der Waals surface area (Å²) in [5, 5.41) is 14.5. The van der Waals surface area contributed by atoms with E-state index in [-0.39, 0.29) is 35.6 Å². The normalized spacial score (nSPS) is 20.2. The molecular weight excluding hydrogens is 529 g/mol. The number of likely N-dealkylation sites (tertiary alicyclic amines) is 1. The number of nitrogens with zero attached hydrogens (tertiary/aromatic N) is 4. The van der Waals surface area contributed by atoms with E-state index in [1.54, 1.807) is 6.33 Å². The molecule has 2 aromatic rings. The molecule has 1 aromatic heterocycles. The van der Waals surface area contributed by atoms with Crippen molar-refractivity contribution in [2.45, 2.75) is 57.0 Å². The van der Waals surface area contributed by atoms with Crippen molar-refractivity contribution in [1.82, 2.24) is 30.7 Å². The number of aliphatic imine (C=N–C) groups is 1. The third-order valence-electron chi connectivity index (χ3n) is 6.75. The van der Waals surface area contributed by atoms with Crippen LogP contribution in [0.25, 0.3) is 0 Å². The molecule has 2 aliphatic rings. The van der Waals surface area contributed by atoms with Gasteiger partial charge < -0.3 is 20.3 Å². The summed E-state index contributed by atoms with van der Waals surface area (Å²) in [6.45, 7) is 9.50. The van der Waals surface area contributed by atoms with E-state index in [0.29, 0.717) is 5.92 Å². The van der Waals surface area contributed by atoms with Crippen LogP contribution in [0.1, 0.15) is 62.9 Å². The number of benzene rings is 1. The summed E-state index contributed by atoms with van der Waals surface area (Å²) in [4.78, 5) is 11.9. The van der Waals surface area contributed by atoms with Gasteiger partial charge in [0.25, 0.3) is 0 Å². The smallest absolute Gasteiger partial charge is 0.193 e. The van der Waals surface area contributed by atoms with E-state index in [4.69, 9.17) is 9.73 Å². The van der Waals surface area contributed by atoms with Crippen molar-refractivity contribution < 1.29 is 4.74 Å². The summed E-state index contributed by atoms with van der Waals surface area (Å²) < 4.78 is 5.70. The first-order valence-corrected chi connectivity index (χ1v) is 12.0. The highest BCUT2D eigenvalue weighted by Gasteiger charge is 2.34. The van der Waals surface area contributed by atoms with Gasteiger partial charge in [0.2, 0.25) is 0 Å². The molecule has 8 nitrogen and oxygen atoms in total. The van der Waals surface area contributed by atoms with Crippen molar-refractivity contribution in [2.75, 3.05) is 39.4 Å². The minimum Gasteiger partial charge on any atom is -0.381 e. The average molecular weight is 568 g/mol. The molecule has 9 heteroatoms. The zero-order chi connectivity index (χ0) is 22.2. The maximum absolute atomic E-state index is 5.70. The number of hydrogen-bond acceptors (Lipinski definition) is 5. The third-order valence-corrected chi connectivity index (χ3v) is 6.75. The van der Waals surface area contributed by atoms with E-state index < -0.39 is 0 Å². The number of ether oxygens (including phenoxy) is 1. The predicted octanol–water partition coefficient (Wildman–Crippen LogP) is 3.47. The van der Waals surface area contributed by atoms with E-state index in [1.165, 1.54) is 5.56 Å². The fraction of sp³-hybridized carbons (Fsp3) is 0.625. The van der Waals surface area contributed by atoms with Gasteiger partial charge in [-0.05, 0) is 45.1 Å². The molecule has 2 fully saturated rings. The van der Waals surface area contributed by atoms with E-state index in [0.717, 1.165) is 76.9 Å². The highest BCUT2D eigenvalue weighted by atomic mass is 127. The average Bonchev–Trinajstić information content (AvgIpc) is 3.38. The van der Waals surface area contributed by atoms with E-state index in [1.807, 2.05) is 0 Å². The topological polar surface area (TPSA) is 90.5 Å². The standard InChI is InChI=1S/C24H37N7O.HI/c1-3-25-23(31-13-9-21(10-14-31)22-27-18-28-30-22)26-17-24(11-15-32-16-12-24)29-19(2)20-7-5-4-6-8-20;/h4-8,18-19,21,29H,3,9-17H2,1-2H3,(H,25,26)(H,27,28,30);1H. The molecule has 1 unspecified atom stereocenters. The molecule has 0 bridgehead atoms. The van der Waals surface area contributed by atoms with Crippen molar-refractivity contribution in [3.63, 3.8) is 0 Å². The highest BCUT2D eigenvalue weighted by Crippen LogP contribution is 2.27. The summed E-state index contributed by atoms with van der Waals surface area (Å²) >= 11 is 0. The number of guanidine groups is 1. The van der Waals surface area contributed by atoms with Gasteiger partial charge in [-0.25, -0.2) is 4.98 Å². The Morgan fingerprint density at radius 1 is 1.24 bits per heavy atom. The first kappa shape index (κ1) is 25.9. The minimum atomic E-state index is -0.0493. The van der Waals surface area contributed by atoms with Gasteiger partial charge in [-0.1, -0.05) is 30.3 Å². The molecule has 4 rings (SSSR count). The Labute approximate surface area is 214 Å². The molecule has 2 saturated heterocycles. The zero-order valence-corrected chi connectivity index (χ0v) is 22.1. The van der Waals surface area contributed by atoms with Crippen LogP contribution in [0.5, 0.6) is 0 Å². The minimum absolute atomic E-state index is 0. The van der Waals surface area contributed by atoms with Crippen LogP contribution in [0.4, 0.5) is 0 Å². The lowest BCUT2D eigenvalue weighted by Crippen LogP contribution is -2.53. The lowest BCUT2D eigenvalue weighted by atomic mass is 9.88. The van der Waals surface area contributed by atoms with Crippen LogP contribution in [-0.4, -0.2) is 71.0 Å². The lowest BCUT2D eigenvalue weighted by Gasteiger charge is -2.40. The third kappa shape index (κ3) is 6.89. The van der Waals surface area contributed by atoms with Crippen LogP contribution in [0.3, 0.4) is 0 Å². The molecule has 182 valence electrons. The number of rotatable bonds is 7. The highest BCUT2D eigenvalue weighted by molar-refractivity contribution is 14.0. The van der Waals surface area contributed by atoms with Gasteiger partial charge in [-0.3, -0.25) is 10.1 Å². The van der Waals surface area contributed by atoms with E-state index >= 15 is 0 Å². The van der Waals surface area contributed by atoms with Gasteiger partial charge in [0.15, 0.2) is 5.96 Å². The van der Waals surface area contributed by atoms with Crippen molar-refractivity contribution >= 4 is 29.9 Å². The van der Waals surface area contributed by atoms with Crippen LogP contribution in [-0.2, 0) is 4.74 Å². The van der Waals surface area contributed by atoms with Crippen molar-refractivity contribution in [3.8, 4) is 0 Å². The molecule has 0 saturated carbocycles. The maximum Gasteiger partial charge on any atom is 0.193 e. The second kappa shape index (κ2) is 12.7. The first-order valence-electron chi connectivity index (χ1n) is 12.0. The van der Waals surface area contributed by atoms with Crippen molar-refractivity contribution in [1.29, 1.82) is 0 Å². The van der Waals surface area contributed by atoms with Crippen LogP contribution in [0.15, 0.2) is 41.7 Å². The molecule has 1 atom stereocenters. The molecule has 0 spiro atoms. The Hall–Kier alpha value is -1.72. The molecule has 0 radical (unpaired) electrons. The monoisotopic (exact) mass is 567 g/mol. The SMILES string of the molecule is CCNC(=NCC1(NC(C)c2ccccc2)CCOCC1)N1CCC(c2ncn[nH]2)CC1.I. The number of halogens is 1. The van der Waals surface area contributed by atoms with Crippen LogP contribution in [0.2, 0.25) is 0 Å². The fourth-order valence-electron chi connectivity index (χ4n) is 4.82. The van der Waals surface area contributed by atoms with E-state index in [9.17, 15) is 0 Å². The second-order valence-corrected chi connectivity index (χ2v) is 8.97. The summed E-state index contributed by atoms with van der Waals surface area (Å²) in [6, 6.07) is 10.9. The molecular formula is C24H38IN7O. The van der Waals surface area contributed by atoms with Crippen LogP contribution < -0.4 is 10.6 Å². The molecule has 3 N–H and O–H groups in total. The zero-order valence-electron chi connectivity index (χ0n) is 19.8. The quantitative estimate of drug-likeness (QED) is 0.270. The molecule has 3 heterocycles. The largest absolute Gasteiger partial charge is 0.381 e. The summed E-state index contributed by atoms with van der Waals surface area (Å²) in [7, 11) is 0. The summed E-state index contributed by atoms with van der Waals surface area (Å²) in [5.74, 6) is 2.47. The number of hydrogen-bond donors (Lipinski definition) is 3. The number of aromatic nitrogens is 3. The maximum atomic E-state index is 5.70. The van der Waals surface area contributed by atoms with Gasteiger partial charge in [0.05, 0.1) is 6.54 Å². The molecule has 33 heavy (non-hydrogen) atoms. The number of H-pyrrole nitrogens is 1. The molecule has 0 aliphatic carbocycles. The van der Waals surface area contributed by atoms with Gasteiger partial charge in [-0.2, -0.15) is 5.10 Å².